The molecular formula is C12H18BrN3O2S. The fourth-order valence-corrected chi connectivity index (χ4v) is 2.99. The van der Waals surface area contributed by atoms with Gasteiger partial charge in [0.05, 0.1) is 9.83 Å². The molecule has 1 aromatic rings. The van der Waals surface area contributed by atoms with E-state index in [2.05, 4.69) is 26.6 Å². The van der Waals surface area contributed by atoms with Gasteiger partial charge in [-0.05, 0) is 49.0 Å². The van der Waals surface area contributed by atoms with E-state index in [-0.39, 0.29) is 11.9 Å². The summed E-state index contributed by atoms with van der Waals surface area (Å²) in [6, 6.07) is 3.17. The van der Waals surface area contributed by atoms with E-state index in [0.717, 1.165) is 8.66 Å². The van der Waals surface area contributed by atoms with Crippen molar-refractivity contribution in [3.63, 3.8) is 0 Å². The number of nitrogens with one attached hydrogen (secondary N) is 2. The van der Waals surface area contributed by atoms with Crippen LogP contribution in [0.5, 0.6) is 0 Å². The highest BCUT2D eigenvalue weighted by atomic mass is 79.9. The van der Waals surface area contributed by atoms with Crippen LogP contribution in [0.25, 0.3) is 0 Å². The van der Waals surface area contributed by atoms with Crippen molar-refractivity contribution in [2.24, 2.45) is 0 Å². The van der Waals surface area contributed by atoms with Crippen LogP contribution in [0, 0.1) is 0 Å². The molecule has 1 heterocycles. The number of imide groups is 1. The Kier molecular flexibility index (Phi) is 6.47. The lowest BCUT2D eigenvalue weighted by Gasteiger charge is -2.22. The molecule has 3 amide bonds. The van der Waals surface area contributed by atoms with Crippen LogP contribution >= 0.6 is 27.3 Å². The smallest absolute Gasteiger partial charge is 0.321 e. The van der Waals surface area contributed by atoms with Gasteiger partial charge in [0, 0.05) is 18.0 Å². The van der Waals surface area contributed by atoms with E-state index < -0.39 is 6.03 Å². The molecule has 0 aliphatic carbocycles. The summed E-state index contributed by atoms with van der Waals surface area (Å²) in [4.78, 5) is 26.2. The Morgan fingerprint density at radius 3 is 2.68 bits per heavy atom. The maximum Gasteiger partial charge on any atom is 0.321 e. The highest BCUT2D eigenvalue weighted by Crippen LogP contribution is 2.23. The Morgan fingerprint density at radius 1 is 1.47 bits per heavy atom. The number of carbonyl (C=O) groups is 2. The van der Waals surface area contributed by atoms with Crippen LogP contribution in [0.3, 0.4) is 0 Å². The Bertz CT molecular complexity index is 450. The van der Waals surface area contributed by atoms with Crippen LogP contribution < -0.4 is 10.6 Å². The number of carbonyl (C=O) groups excluding carboxylic acids is 2. The Morgan fingerprint density at radius 2 is 2.16 bits per heavy atom. The summed E-state index contributed by atoms with van der Waals surface area (Å²) in [7, 11) is 1.86. The first kappa shape index (κ1) is 16.1. The van der Waals surface area contributed by atoms with Crippen molar-refractivity contribution in [3.05, 3.63) is 20.8 Å². The van der Waals surface area contributed by atoms with Crippen LogP contribution in [0.2, 0.25) is 0 Å². The molecule has 0 aliphatic rings. The average Bonchev–Trinajstić information content (AvgIpc) is 2.73. The van der Waals surface area contributed by atoms with Gasteiger partial charge in [-0.15, -0.1) is 11.3 Å². The minimum atomic E-state index is -0.452. The molecule has 0 unspecified atom stereocenters. The van der Waals surface area contributed by atoms with Crippen molar-refractivity contribution in [1.82, 2.24) is 15.5 Å². The number of nitrogens with zero attached hydrogens (tertiary/aromatic N) is 1. The van der Waals surface area contributed by atoms with Crippen molar-refractivity contribution in [1.29, 1.82) is 0 Å². The number of urea groups is 1. The first-order valence-electron chi connectivity index (χ1n) is 5.97. The molecule has 5 nitrogen and oxygen atoms in total. The minimum absolute atomic E-state index is 0.302. The molecule has 0 bridgehead atoms. The first-order chi connectivity index (χ1) is 8.93. The number of hydrogen-bond acceptors (Lipinski definition) is 4. The third kappa shape index (κ3) is 5.30. The third-order valence-corrected chi connectivity index (χ3v) is 4.26. The summed E-state index contributed by atoms with van der Waals surface area (Å²) in [5.74, 6) is -0.302. The molecule has 0 saturated heterocycles. The van der Waals surface area contributed by atoms with Gasteiger partial charge in [0.2, 0.25) is 5.91 Å². The van der Waals surface area contributed by atoms with Gasteiger partial charge in [0.15, 0.2) is 0 Å². The number of likely N-dealkylation sites (N-methyl/N-ethyl adjacent to an activating group) is 1. The second-order valence-electron chi connectivity index (χ2n) is 4.15. The highest BCUT2D eigenvalue weighted by Gasteiger charge is 2.20. The van der Waals surface area contributed by atoms with Crippen LogP contribution in [-0.2, 0) is 11.3 Å². The monoisotopic (exact) mass is 347 g/mol. The van der Waals surface area contributed by atoms with Gasteiger partial charge in [-0.2, -0.15) is 0 Å². The molecular weight excluding hydrogens is 330 g/mol. The van der Waals surface area contributed by atoms with E-state index in [1.54, 1.807) is 25.2 Å². The minimum Gasteiger partial charge on any atom is -0.338 e. The number of rotatable bonds is 5. The van der Waals surface area contributed by atoms with Crippen molar-refractivity contribution in [3.8, 4) is 0 Å². The maximum absolute atomic E-state index is 11.8. The molecule has 0 radical (unpaired) electrons. The van der Waals surface area contributed by atoms with E-state index >= 15 is 0 Å². The van der Waals surface area contributed by atoms with Gasteiger partial charge in [-0.1, -0.05) is 0 Å². The molecule has 0 fully saturated rings. The largest absolute Gasteiger partial charge is 0.338 e. The van der Waals surface area contributed by atoms with Gasteiger partial charge in [-0.3, -0.25) is 15.0 Å². The van der Waals surface area contributed by atoms with E-state index in [9.17, 15) is 9.59 Å². The Balaban J connectivity index is 2.49. The lowest BCUT2D eigenvalue weighted by atomic mass is 10.2. The van der Waals surface area contributed by atoms with E-state index in [1.807, 2.05) is 24.1 Å². The predicted molar refractivity (Wildman–Crippen MR) is 80.2 cm³/mol. The molecule has 1 atom stereocenters. The van der Waals surface area contributed by atoms with Crippen molar-refractivity contribution in [2.45, 2.75) is 26.4 Å². The summed E-state index contributed by atoms with van der Waals surface area (Å²) in [6.45, 7) is 4.73. The topological polar surface area (TPSA) is 61.4 Å². The molecule has 7 heteroatoms. The van der Waals surface area contributed by atoms with E-state index in [0.29, 0.717) is 13.1 Å². The molecule has 106 valence electrons. The van der Waals surface area contributed by atoms with Crippen LogP contribution in [0.4, 0.5) is 4.79 Å². The first-order valence-corrected chi connectivity index (χ1v) is 7.58. The van der Waals surface area contributed by atoms with Crippen molar-refractivity contribution < 1.29 is 9.59 Å². The van der Waals surface area contributed by atoms with Crippen molar-refractivity contribution >= 4 is 39.2 Å². The van der Waals surface area contributed by atoms with Gasteiger partial charge in [-0.25, -0.2) is 4.79 Å². The number of thiophene rings is 1. The van der Waals surface area contributed by atoms with E-state index in [1.165, 1.54) is 0 Å². The number of hydrogen-bond donors (Lipinski definition) is 2. The van der Waals surface area contributed by atoms with Crippen LogP contribution in [-0.4, -0.2) is 36.5 Å². The lowest BCUT2D eigenvalue weighted by Crippen LogP contribution is -2.48. The molecule has 1 aromatic heterocycles. The SMILES string of the molecule is CCNC(=O)NC(=O)[C@@H](C)N(C)Cc1ccc(Br)s1. The summed E-state index contributed by atoms with van der Waals surface area (Å²) in [6.07, 6.45) is 0. The zero-order valence-corrected chi connectivity index (χ0v) is 13.6. The third-order valence-electron chi connectivity index (χ3n) is 2.65. The van der Waals surface area contributed by atoms with Gasteiger partial charge in [0.25, 0.3) is 0 Å². The summed E-state index contributed by atoms with van der Waals surface area (Å²) in [5.41, 5.74) is 0. The highest BCUT2D eigenvalue weighted by molar-refractivity contribution is 9.11. The Hall–Kier alpha value is -0.920. The standard InChI is InChI=1S/C12H18BrN3O2S/c1-4-14-12(18)15-11(17)8(2)16(3)7-9-5-6-10(13)19-9/h5-6,8H,4,7H2,1-3H3,(H2,14,15,17,18)/t8-/m1/s1. The summed E-state index contributed by atoms with van der Waals surface area (Å²) >= 11 is 5.04. The summed E-state index contributed by atoms with van der Waals surface area (Å²) < 4.78 is 1.07. The molecule has 1 rings (SSSR count). The average molecular weight is 348 g/mol. The zero-order chi connectivity index (χ0) is 14.4. The molecule has 0 saturated carbocycles. The fourth-order valence-electron chi connectivity index (χ4n) is 1.44. The van der Waals surface area contributed by atoms with Gasteiger partial charge >= 0.3 is 6.03 Å². The molecule has 0 aromatic carbocycles. The van der Waals surface area contributed by atoms with Crippen molar-refractivity contribution in [2.75, 3.05) is 13.6 Å². The zero-order valence-electron chi connectivity index (χ0n) is 11.2. The fraction of sp³-hybridized carbons (Fsp3) is 0.500. The number of amides is 3. The predicted octanol–water partition coefficient (Wildman–Crippen LogP) is 2.18. The number of halogens is 1. The normalized spacial score (nSPS) is 12.3. The quantitative estimate of drug-likeness (QED) is 0.857. The second-order valence-corrected chi connectivity index (χ2v) is 6.69. The molecule has 2 N–H and O–H groups in total. The van der Waals surface area contributed by atoms with Crippen LogP contribution in [0.1, 0.15) is 18.7 Å². The van der Waals surface area contributed by atoms with Gasteiger partial charge in [0.1, 0.15) is 0 Å². The summed E-state index contributed by atoms with van der Waals surface area (Å²) in [5, 5.41) is 4.85. The second kappa shape index (κ2) is 7.62. The van der Waals surface area contributed by atoms with E-state index in [4.69, 9.17) is 0 Å². The van der Waals surface area contributed by atoms with Gasteiger partial charge < -0.3 is 5.32 Å². The molecule has 0 spiro atoms. The molecule has 19 heavy (non-hydrogen) atoms. The maximum atomic E-state index is 11.8. The van der Waals surface area contributed by atoms with Crippen LogP contribution in [0.15, 0.2) is 15.9 Å². The Labute approximate surface area is 125 Å². The molecule has 0 aliphatic heterocycles. The lowest BCUT2D eigenvalue weighted by molar-refractivity contribution is -0.124.